The van der Waals surface area contributed by atoms with Gasteiger partial charge in [-0.05, 0) is 46.0 Å². The van der Waals surface area contributed by atoms with Gasteiger partial charge in [0.05, 0.1) is 6.04 Å². The summed E-state index contributed by atoms with van der Waals surface area (Å²) in [5, 5.41) is 0. The third kappa shape index (κ3) is 2.48. The van der Waals surface area contributed by atoms with Gasteiger partial charge in [-0.3, -0.25) is 11.3 Å². The van der Waals surface area contributed by atoms with Gasteiger partial charge in [-0.1, -0.05) is 19.3 Å². The Bertz CT molecular complexity index is 380. The molecular weight excluding hydrogens is 242 g/mol. The van der Waals surface area contributed by atoms with Crippen molar-refractivity contribution < 1.29 is 0 Å². The molecule has 0 aromatic carbocycles. The van der Waals surface area contributed by atoms with Gasteiger partial charge in [-0.25, -0.2) is 0 Å². The van der Waals surface area contributed by atoms with Gasteiger partial charge in [-0.15, -0.1) is 11.3 Å². The maximum Gasteiger partial charge on any atom is 0.0736 e. The quantitative estimate of drug-likeness (QED) is 0.651. The zero-order valence-corrected chi connectivity index (χ0v) is 12.5. The van der Waals surface area contributed by atoms with E-state index in [0.717, 1.165) is 0 Å². The second-order valence-corrected chi connectivity index (χ2v) is 6.93. The van der Waals surface area contributed by atoms with E-state index in [2.05, 4.69) is 43.5 Å². The van der Waals surface area contributed by atoms with E-state index in [9.17, 15) is 0 Å². The first kappa shape index (κ1) is 14.0. The summed E-state index contributed by atoms with van der Waals surface area (Å²) in [6, 6.07) is 4.66. The molecule has 1 saturated carbocycles. The molecule has 1 aromatic rings. The van der Waals surface area contributed by atoms with Crippen LogP contribution in [0.2, 0.25) is 0 Å². The molecule has 1 aromatic heterocycles. The third-order valence-electron chi connectivity index (χ3n) is 4.36. The van der Waals surface area contributed by atoms with Crippen molar-refractivity contribution >= 4 is 11.3 Å². The Morgan fingerprint density at radius 2 is 1.94 bits per heavy atom. The maximum atomic E-state index is 5.90. The first-order valence-corrected chi connectivity index (χ1v) is 7.62. The number of hydrogen-bond donors (Lipinski definition) is 2. The van der Waals surface area contributed by atoms with Crippen molar-refractivity contribution in [2.75, 3.05) is 14.1 Å². The van der Waals surface area contributed by atoms with Crippen LogP contribution >= 0.6 is 11.3 Å². The van der Waals surface area contributed by atoms with Crippen molar-refractivity contribution in [1.29, 1.82) is 0 Å². The topological polar surface area (TPSA) is 41.3 Å². The third-order valence-corrected chi connectivity index (χ3v) is 5.43. The second-order valence-electron chi connectivity index (χ2n) is 5.61. The molecular formula is C14H25N3S. The highest BCUT2D eigenvalue weighted by Crippen LogP contribution is 2.43. The lowest BCUT2D eigenvalue weighted by atomic mass is 9.75. The summed E-state index contributed by atoms with van der Waals surface area (Å²) in [7, 11) is 4.38. The molecule has 1 atom stereocenters. The largest absolute Gasteiger partial charge is 0.302 e. The molecule has 0 bridgehead atoms. The molecule has 3 nitrogen and oxygen atoms in total. The van der Waals surface area contributed by atoms with Gasteiger partial charge in [0.15, 0.2) is 0 Å². The van der Waals surface area contributed by atoms with Crippen LogP contribution in [0.4, 0.5) is 0 Å². The van der Waals surface area contributed by atoms with Crippen LogP contribution in [0.3, 0.4) is 0 Å². The summed E-state index contributed by atoms with van der Waals surface area (Å²) in [5.41, 5.74) is 3.26. The van der Waals surface area contributed by atoms with E-state index in [4.69, 9.17) is 5.84 Å². The Balaban J connectivity index is 2.32. The van der Waals surface area contributed by atoms with Crippen LogP contribution in [-0.2, 0) is 0 Å². The van der Waals surface area contributed by atoms with E-state index < -0.39 is 0 Å². The van der Waals surface area contributed by atoms with Crippen LogP contribution in [0.15, 0.2) is 12.1 Å². The second kappa shape index (κ2) is 5.70. The molecule has 0 saturated heterocycles. The van der Waals surface area contributed by atoms with Crippen LogP contribution in [-0.4, -0.2) is 24.5 Å². The first-order valence-electron chi connectivity index (χ1n) is 6.80. The molecule has 4 heteroatoms. The zero-order chi connectivity index (χ0) is 13.2. The number of nitrogens with zero attached hydrogens (tertiary/aromatic N) is 1. The minimum atomic E-state index is 0.171. The molecule has 0 aliphatic heterocycles. The van der Waals surface area contributed by atoms with Crippen molar-refractivity contribution in [3.05, 3.63) is 21.9 Å². The highest BCUT2D eigenvalue weighted by Gasteiger charge is 2.42. The lowest BCUT2D eigenvalue weighted by molar-refractivity contribution is 0.0577. The van der Waals surface area contributed by atoms with Gasteiger partial charge in [0.2, 0.25) is 0 Å². The average molecular weight is 267 g/mol. The summed E-state index contributed by atoms with van der Waals surface area (Å²) in [6.07, 6.45) is 6.43. The lowest BCUT2D eigenvalue weighted by Crippen LogP contribution is -2.56. The number of nitrogens with one attached hydrogen (secondary N) is 1. The van der Waals surface area contributed by atoms with E-state index in [1.165, 1.54) is 41.9 Å². The number of rotatable bonds is 4. The maximum absolute atomic E-state index is 5.90. The van der Waals surface area contributed by atoms with Gasteiger partial charge in [0.25, 0.3) is 0 Å². The molecule has 1 aliphatic carbocycles. The Morgan fingerprint density at radius 3 is 2.39 bits per heavy atom. The van der Waals surface area contributed by atoms with Gasteiger partial charge < -0.3 is 4.90 Å². The molecule has 18 heavy (non-hydrogen) atoms. The standard InChI is InChI=1S/C14H25N3S/c1-11-7-8-12(18-11)13(16-15)14(17(2)3)9-5-4-6-10-14/h7-8,13,16H,4-6,9-10,15H2,1-3H3. The highest BCUT2D eigenvalue weighted by atomic mass is 32.1. The molecule has 2 rings (SSSR count). The van der Waals surface area contributed by atoms with Gasteiger partial charge >= 0.3 is 0 Å². The summed E-state index contributed by atoms with van der Waals surface area (Å²) in [5.74, 6) is 5.90. The Morgan fingerprint density at radius 1 is 1.28 bits per heavy atom. The summed E-state index contributed by atoms with van der Waals surface area (Å²) in [4.78, 5) is 5.10. The number of nitrogens with two attached hydrogens (primary N) is 1. The first-order chi connectivity index (χ1) is 8.60. The molecule has 0 spiro atoms. The number of thiophene rings is 1. The predicted octanol–water partition coefficient (Wildman–Crippen LogP) is 2.83. The normalized spacial score (nSPS) is 21.2. The van der Waals surface area contributed by atoms with Crippen molar-refractivity contribution in [3.8, 4) is 0 Å². The average Bonchev–Trinajstić information content (AvgIpc) is 2.77. The minimum Gasteiger partial charge on any atom is -0.302 e. The van der Waals surface area contributed by atoms with Crippen molar-refractivity contribution in [3.63, 3.8) is 0 Å². The van der Waals surface area contributed by atoms with Crippen molar-refractivity contribution in [1.82, 2.24) is 10.3 Å². The molecule has 1 aliphatic rings. The molecule has 3 N–H and O–H groups in total. The summed E-state index contributed by atoms with van der Waals surface area (Å²) in [6.45, 7) is 2.16. The van der Waals surface area contributed by atoms with E-state index in [-0.39, 0.29) is 11.6 Å². The van der Waals surface area contributed by atoms with Gasteiger partial charge in [0, 0.05) is 15.3 Å². The molecule has 1 unspecified atom stereocenters. The Hall–Kier alpha value is -0.420. The van der Waals surface area contributed by atoms with Crippen molar-refractivity contribution in [2.45, 2.75) is 50.6 Å². The molecule has 0 amide bonds. The van der Waals surface area contributed by atoms with E-state index in [0.29, 0.717) is 0 Å². The Kier molecular flexibility index (Phi) is 4.43. The zero-order valence-electron chi connectivity index (χ0n) is 11.7. The number of hydrazine groups is 1. The summed E-state index contributed by atoms with van der Waals surface area (Å²) >= 11 is 1.86. The SMILES string of the molecule is Cc1ccc(C(NN)C2(N(C)C)CCCCC2)s1. The summed E-state index contributed by atoms with van der Waals surface area (Å²) < 4.78 is 0. The van der Waals surface area contributed by atoms with Crippen LogP contribution < -0.4 is 11.3 Å². The van der Waals surface area contributed by atoms with Crippen LogP contribution in [0.5, 0.6) is 0 Å². The van der Waals surface area contributed by atoms with Crippen LogP contribution in [0, 0.1) is 6.92 Å². The van der Waals surface area contributed by atoms with E-state index in [1.54, 1.807) is 0 Å². The number of hydrogen-bond acceptors (Lipinski definition) is 4. The smallest absolute Gasteiger partial charge is 0.0736 e. The Labute approximate surface area is 114 Å². The van der Waals surface area contributed by atoms with Crippen molar-refractivity contribution in [2.24, 2.45) is 5.84 Å². The fraction of sp³-hybridized carbons (Fsp3) is 0.714. The monoisotopic (exact) mass is 267 g/mol. The highest BCUT2D eigenvalue weighted by molar-refractivity contribution is 7.12. The predicted molar refractivity (Wildman–Crippen MR) is 78.6 cm³/mol. The minimum absolute atomic E-state index is 0.171. The fourth-order valence-electron chi connectivity index (χ4n) is 3.27. The van der Waals surface area contributed by atoms with Crippen LogP contribution in [0.25, 0.3) is 0 Å². The molecule has 0 radical (unpaired) electrons. The van der Waals surface area contributed by atoms with E-state index in [1.807, 2.05) is 11.3 Å². The number of aryl methyl sites for hydroxylation is 1. The fourth-order valence-corrected chi connectivity index (χ4v) is 4.32. The molecule has 1 heterocycles. The van der Waals surface area contributed by atoms with E-state index >= 15 is 0 Å². The lowest BCUT2D eigenvalue weighted by Gasteiger charge is -2.48. The van der Waals surface area contributed by atoms with Gasteiger partial charge in [-0.2, -0.15) is 0 Å². The number of likely N-dealkylation sites (N-methyl/N-ethyl adjacent to an activating group) is 1. The molecule has 102 valence electrons. The van der Waals surface area contributed by atoms with Crippen LogP contribution in [0.1, 0.15) is 47.9 Å². The molecule has 1 fully saturated rings. The van der Waals surface area contributed by atoms with Gasteiger partial charge in [0.1, 0.15) is 0 Å².